The molecule has 1 amide bonds. The van der Waals surface area contributed by atoms with Crippen LogP contribution in [0.2, 0.25) is 0 Å². The number of halogens is 1. The minimum atomic E-state index is -0.741. The number of para-hydroxylation sites is 1. The van der Waals surface area contributed by atoms with Crippen molar-refractivity contribution in [1.82, 2.24) is 9.55 Å². The van der Waals surface area contributed by atoms with E-state index in [4.69, 9.17) is 0 Å². The van der Waals surface area contributed by atoms with E-state index in [0.29, 0.717) is 27.7 Å². The number of hydrogen-bond acceptors (Lipinski definition) is 5. The standard InChI is InChI=1S/C23H22FN3O3S/c1-2-3-4-7-12-27-17-9-6-5-8-15(17)20(28)19(22(27)30)21(29)26-23-25-16-11-10-14(24)13-18(16)31-23/h5-6,8-11,13,28H,2-4,7,12H2,1H3,(H,25,26,29). The first kappa shape index (κ1) is 21.0. The largest absolute Gasteiger partial charge is 0.506 e. The lowest BCUT2D eigenvalue weighted by molar-refractivity contribution is 0.102. The molecule has 0 saturated carbocycles. The van der Waals surface area contributed by atoms with E-state index >= 15 is 0 Å². The van der Waals surface area contributed by atoms with Crippen molar-refractivity contribution in [3.05, 3.63) is 64.2 Å². The lowest BCUT2D eigenvalue weighted by atomic mass is 10.1. The van der Waals surface area contributed by atoms with Crippen LogP contribution in [0.25, 0.3) is 21.1 Å². The summed E-state index contributed by atoms with van der Waals surface area (Å²) in [4.78, 5) is 30.4. The van der Waals surface area contributed by atoms with Crippen LogP contribution in [0.3, 0.4) is 0 Å². The van der Waals surface area contributed by atoms with Crippen LogP contribution in [0.15, 0.2) is 47.3 Å². The summed E-state index contributed by atoms with van der Waals surface area (Å²) in [5.74, 6) is -1.49. The van der Waals surface area contributed by atoms with Crippen LogP contribution < -0.4 is 10.9 Å². The van der Waals surface area contributed by atoms with Crippen LogP contribution in [-0.2, 0) is 6.54 Å². The van der Waals surface area contributed by atoms with Gasteiger partial charge in [-0.3, -0.25) is 14.9 Å². The number of aryl methyl sites for hydroxylation is 1. The van der Waals surface area contributed by atoms with Gasteiger partial charge in [-0.15, -0.1) is 0 Å². The average molecular weight is 440 g/mol. The summed E-state index contributed by atoms with van der Waals surface area (Å²) in [5, 5.41) is 14.0. The van der Waals surface area contributed by atoms with Crippen LogP contribution >= 0.6 is 11.3 Å². The molecule has 2 N–H and O–H groups in total. The van der Waals surface area contributed by atoms with Crippen molar-refractivity contribution in [2.24, 2.45) is 0 Å². The van der Waals surface area contributed by atoms with Crippen molar-refractivity contribution < 1.29 is 14.3 Å². The molecule has 0 unspecified atom stereocenters. The summed E-state index contributed by atoms with van der Waals surface area (Å²) in [6, 6.07) is 11.1. The molecule has 6 nitrogen and oxygen atoms in total. The van der Waals surface area contributed by atoms with Gasteiger partial charge in [0, 0.05) is 11.9 Å². The predicted octanol–water partition coefficient (Wildman–Crippen LogP) is 5.29. The first-order valence-corrected chi connectivity index (χ1v) is 11.0. The highest BCUT2D eigenvalue weighted by atomic mass is 32.1. The zero-order valence-electron chi connectivity index (χ0n) is 17.0. The molecule has 0 aliphatic heterocycles. The molecule has 0 radical (unpaired) electrons. The molecule has 160 valence electrons. The highest BCUT2D eigenvalue weighted by Gasteiger charge is 2.23. The van der Waals surface area contributed by atoms with Crippen molar-refractivity contribution >= 4 is 43.5 Å². The molecule has 8 heteroatoms. The van der Waals surface area contributed by atoms with E-state index in [1.165, 1.54) is 18.2 Å². The molecule has 0 fully saturated rings. The van der Waals surface area contributed by atoms with Crippen LogP contribution in [0, 0.1) is 5.82 Å². The monoisotopic (exact) mass is 439 g/mol. The normalized spacial score (nSPS) is 11.3. The molecule has 0 saturated heterocycles. The second kappa shape index (κ2) is 8.85. The van der Waals surface area contributed by atoms with Gasteiger partial charge in [-0.05, 0) is 36.8 Å². The van der Waals surface area contributed by atoms with Crippen LogP contribution in [-0.4, -0.2) is 20.6 Å². The number of unbranched alkanes of at least 4 members (excludes halogenated alkanes) is 3. The van der Waals surface area contributed by atoms with E-state index in [1.54, 1.807) is 28.8 Å². The number of amides is 1. The van der Waals surface area contributed by atoms with Gasteiger partial charge in [0.25, 0.3) is 11.5 Å². The van der Waals surface area contributed by atoms with Crippen molar-refractivity contribution in [2.45, 2.75) is 39.2 Å². The van der Waals surface area contributed by atoms with Crippen LogP contribution in [0.4, 0.5) is 9.52 Å². The number of pyridine rings is 1. The summed E-state index contributed by atoms with van der Waals surface area (Å²) in [6.07, 6.45) is 3.91. The summed E-state index contributed by atoms with van der Waals surface area (Å²) in [5.41, 5.74) is 0.267. The van der Waals surface area contributed by atoms with Gasteiger partial charge in [0.1, 0.15) is 17.1 Å². The second-order valence-corrected chi connectivity index (χ2v) is 8.37. The smallest absolute Gasteiger partial charge is 0.267 e. The average Bonchev–Trinajstić information content (AvgIpc) is 3.14. The lowest BCUT2D eigenvalue weighted by Gasteiger charge is -2.14. The predicted molar refractivity (Wildman–Crippen MR) is 122 cm³/mol. The zero-order valence-corrected chi connectivity index (χ0v) is 17.8. The Morgan fingerprint density at radius 3 is 2.81 bits per heavy atom. The molecule has 2 aromatic heterocycles. The molecule has 0 aliphatic carbocycles. The summed E-state index contributed by atoms with van der Waals surface area (Å²) in [7, 11) is 0. The molecule has 2 heterocycles. The minimum absolute atomic E-state index is 0.229. The van der Waals surface area contributed by atoms with Gasteiger partial charge >= 0.3 is 0 Å². The van der Waals surface area contributed by atoms with Gasteiger partial charge in [0.15, 0.2) is 5.13 Å². The first-order valence-electron chi connectivity index (χ1n) is 10.2. The number of hydrogen-bond donors (Lipinski definition) is 2. The van der Waals surface area contributed by atoms with Crippen molar-refractivity contribution in [1.29, 1.82) is 0 Å². The summed E-state index contributed by atoms with van der Waals surface area (Å²) < 4.78 is 15.6. The van der Waals surface area contributed by atoms with Crippen LogP contribution in [0.5, 0.6) is 5.75 Å². The van der Waals surface area contributed by atoms with E-state index in [2.05, 4.69) is 17.2 Å². The van der Waals surface area contributed by atoms with Gasteiger partial charge in [-0.2, -0.15) is 0 Å². The van der Waals surface area contributed by atoms with Crippen LogP contribution in [0.1, 0.15) is 43.0 Å². The Labute approximate surface area is 182 Å². The fourth-order valence-corrected chi connectivity index (χ4v) is 4.51. The molecule has 0 atom stereocenters. The number of fused-ring (bicyclic) bond motifs is 2. The minimum Gasteiger partial charge on any atom is -0.506 e. The fourth-order valence-electron chi connectivity index (χ4n) is 3.62. The third kappa shape index (κ3) is 4.16. The van der Waals surface area contributed by atoms with Crippen molar-refractivity contribution in [3.63, 3.8) is 0 Å². The van der Waals surface area contributed by atoms with Gasteiger partial charge in [-0.25, -0.2) is 9.37 Å². The number of anilines is 1. The third-order valence-electron chi connectivity index (χ3n) is 5.18. The number of benzene rings is 2. The van der Waals surface area contributed by atoms with Gasteiger partial charge in [0.05, 0.1) is 15.7 Å². The highest BCUT2D eigenvalue weighted by molar-refractivity contribution is 7.22. The molecule has 4 rings (SSSR count). The number of thiazole rings is 1. The maximum Gasteiger partial charge on any atom is 0.267 e. The summed E-state index contributed by atoms with van der Waals surface area (Å²) >= 11 is 1.10. The Kier molecular flexibility index (Phi) is 5.99. The molecule has 0 aliphatic rings. The van der Waals surface area contributed by atoms with E-state index in [1.807, 2.05) is 0 Å². The molecule has 0 bridgehead atoms. The van der Waals surface area contributed by atoms with Crippen molar-refractivity contribution in [2.75, 3.05) is 5.32 Å². The molecule has 31 heavy (non-hydrogen) atoms. The lowest BCUT2D eigenvalue weighted by Crippen LogP contribution is -2.30. The fraction of sp³-hybridized carbons (Fsp3) is 0.261. The Balaban J connectivity index is 1.72. The Morgan fingerprint density at radius 1 is 1.19 bits per heavy atom. The van der Waals surface area contributed by atoms with E-state index in [9.17, 15) is 19.1 Å². The Morgan fingerprint density at radius 2 is 2.00 bits per heavy atom. The third-order valence-corrected chi connectivity index (χ3v) is 6.11. The first-order chi connectivity index (χ1) is 15.0. The Hall–Kier alpha value is -3.26. The number of aromatic nitrogens is 2. The number of rotatable bonds is 7. The van der Waals surface area contributed by atoms with Gasteiger partial charge in [0.2, 0.25) is 0 Å². The topological polar surface area (TPSA) is 84.2 Å². The van der Waals surface area contributed by atoms with E-state index < -0.39 is 17.3 Å². The quantitative estimate of drug-likeness (QED) is 0.383. The van der Waals surface area contributed by atoms with E-state index in [-0.39, 0.29) is 16.4 Å². The number of carbonyl (C=O) groups is 1. The number of carbonyl (C=O) groups excluding carboxylic acids is 1. The van der Waals surface area contributed by atoms with Gasteiger partial charge < -0.3 is 9.67 Å². The highest BCUT2D eigenvalue weighted by Crippen LogP contribution is 2.29. The number of nitrogens with one attached hydrogen (secondary N) is 1. The van der Waals surface area contributed by atoms with Gasteiger partial charge in [-0.1, -0.05) is 49.7 Å². The molecular formula is C23H22FN3O3S. The molecular weight excluding hydrogens is 417 g/mol. The molecule has 2 aromatic carbocycles. The SMILES string of the molecule is CCCCCCn1c(=O)c(C(=O)Nc2nc3ccc(F)cc3s2)c(O)c2ccccc21. The maximum absolute atomic E-state index is 13.4. The van der Waals surface area contributed by atoms with Crippen molar-refractivity contribution in [3.8, 4) is 5.75 Å². The zero-order chi connectivity index (χ0) is 22.0. The Bertz CT molecular complexity index is 1330. The maximum atomic E-state index is 13.4. The second-order valence-electron chi connectivity index (χ2n) is 7.34. The van der Waals surface area contributed by atoms with E-state index in [0.717, 1.165) is 37.0 Å². The number of aromatic hydroxyl groups is 1. The molecule has 0 spiro atoms. The molecule has 4 aromatic rings. The number of nitrogens with zero attached hydrogens (tertiary/aromatic N) is 2. The summed E-state index contributed by atoms with van der Waals surface area (Å²) in [6.45, 7) is 2.57.